The van der Waals surface area contributed by atoms with Crippen LogP contribution in [0.15, 0.2) is 66.9 Å². The Balaban J connectivity index is 1.96. The Kier molecular flexibility index (Phi) is 5.66. The summed E-state index contributed by atoms with van der Waals surface area (Å²) in [7, 11) is 0. The highest BCUT2D eigenvalue weighted by atomic mass is 16.5. The summed E-state index contributed by atoms with van der Waals surface area (Å²) in [6.45, 7) is 3.83. The third kappa shape index (κ3) is 4.23. The van der Waals surface area contributed by atoms with Gasteiger partial charge in [-0.15, -0.1) is 0 Å². The van der Waals surface area contributed by atoms with Gasteiger partial charge in [-0.05, 0) is 26.0 Å². The number of benzene rings is 2. The summed E-state index contributed by atoms with van der Waals surface area (Å²) < 4.78 is 6.99. The molecule has 0 bridgehead atoms. The summed E-state index contributed by atoms with van der Waals surface area (Å²) in [5, 5.41) is 7.22. The molecule has 0 radical (unpaired) electrons. The van der Waals surface area contributed by atoms with Gasteiger partial charge in [0.15, 0.2) is 6.10 Å². The average molecular weight is 363 g/mol. The van der Waals surface area contributed by atoms with Crippen molar-refractivity contribution in [3.05, 3.63) is 72.4 Å². The molecule has 1 atom stereocenters. The van der Waals surface area contributed by atoms with Gasteiger partial charge < -0.3 is 10.1 Å². The Morgan fingerprint density at radius 1 is 1.07 bits per heavy atom. The molecule has 0 saturated carbocycles. The molecule has 6 nitrogen and oxygen atoms in total. The Bertz CT molecular complexity index is 920. The molecule has 1 N–H and O–H groups in total. The topological polar surface area (TPSA) is 73.2 Å². The van der Waals surface area contributed by atoms with Gasteiger partial charge >= 0.3 is 5.97 Å². The number of rotatable bonds is 6. The van der Waals surface area contributed by atoms with Crippen LogP contribution in [0.2, 0.25) is 0 Å². The maximum absolute atomic E-state index is 12.7. The van der Waals surface area contributed by atoms with Crippen LogP contribution in [0.3, 0.4) is 0 Å². The summed E-state index contributed by atoms with van der Waals surface area (Å²) in [5.41, 5.74) is 2.43. The molecule has 3 rings (SSSR count). The SMILES string of the molecule is CCNC(=O)[C@H](C)OC(=O)c1cn(-c2ccccc2)nc1-c1ccccc1. The molecule has 0 spiro atoms. The smallest absolute Gasteiger partial charge is 0.342 e. The number of aromatic nitrogens is 2. The number of hydrogen-bond acceptors (Lipinski definition) is 4. The first kappa shape index (κ1) is 18.4. The van der Waals surface area contributed by atoms with E-state index in [0.717, 1.165) is 11.3 Å². The minimum absolute atomic E-state index is 0.307. The van der Waals surface area contributed by atoms with Gasteiger partial charge in [-0.2, -0.15) is 5.10 Å². The van der Waals surface area contributed by atoms with Gasteiger partial charge in [-0.1, -0.05) is 48.5 Å². The quantitative estimate of drug-likeness (QED) is 0.683. The molecular weight excluding hydrogens is 342 g/mol. The van der Waals surface area contributed by atoms with E-state index in [1.807, 2.05) is 67.6 Å². The van der Waals surface area contributed by atoms with Gasteiger partial charge in [0.25, 0.3) is 5.91 Å². The lowest BCUT2D eigenvalue weighted by atomic mass is 10.1. The van der Waals surface area contributed by atoms with Crippen LogP contribution in [0.4, 0.5) is 0 Å². The maximum Gasteiger partial charge on any atom is 0.342 e. The van der Waals surface area contributed by atoms with E-state index >= 15 is 0 Å². The predicted octanol–water partition coefficient (Wildman–Crippen LogP) is 3.22. The average Bonchev–Trinajstić information content (AvgIpc) is 3.15. The van der Waals surface area contributed by atoms with Crippen molar-refractivity contribution in [1.29, 1.82) is 0 Å². The monoisotopic (exact) mass is 363 g/mol. The van der Waals surface area contributed by atoms with E-state index in [4.69, 9.17) is 4.74 Å². The number of esters is 1. The van der Waals surface area contributed by atoms with Gasteiger partial charge in [-0.25, -0.2) is 9.48 Å². The number of ether oxygens (including phenoxy) is 1. The van der Waals surface area contributed by atoms with Gasteiger partial charge in [0.1, 0.15) is 11.3 Å². The van der Waals surface area contributed by atoms with E-state index in [2.05, 4.69) is 10.4 Å². The Hall–Kier alpha value is -3.41. The zero-order valence-electron chi connectivity index (χ0n) is 15.3. The van der Waals surface area contributed by atoms with Crippen molar-refractivity contribution in [3.63, 3.8) is 0 Å². The lowest BCUT2D eigenvalue weighted by molar-refractivity contribution is -0.128. The molecule has 1 amide bonds. The molecule has 27 heavy (non-hydrogen) atoms. The second-order valence-corrected chi connectivity index (χ2v) is 5.98. The number of carbonyl (C=O) groups is 2. The van der Waals surface area contributed by atoms with Crippen molar-refractivity contribution >= 4 is 11.9 Å². The summed E-state index contributed by atoms with van der Waals surface area (Å²) in [6.07, 6.45) is 0.742. The fourth-order valence-electron chi connectivity index (χ4n) is 2.64. The highest BCUT2D eigenvalue weighted by Gasteiger charge is 2.24. The molecule has 1 heterocycles. The molecule has 3 aromatic rings. The lowest BCUT2D eigenvalue weighted by Gasteiger charge is -2.12. The third-order valence-electron chi connectivity index (χ3n) is 4.01. The molecule has 2 aromatic carbocycles. The minimum Gasteiger partial charge on any atom is -0.449 e. The number of carbonyl (C=O) groups excluding carboxylic acids is 2. The van der Waals surface area contributed by atoms with Crippen molar-refractivity contribution in [2.45, 2.75) is 20.0 Å². The van der Waals surface area contributed by atoms with Crippen molar-refractivity contribution in [2.24, 2.45) is 0 Å². The number of likely N-dealkylation sites (N-methyl/N-ethyl adjacent to an activating group) is 1. The van der Waals surface area contributed by atoms with E-state index < -0.39 is 12.1 Å². The summed E-state index contributed by atoms with van der Waals surface area (Å²) in [5.74, 6) is -0.919. The zero-order chi connectivity index (χ0) is 19.2. The van der Waals surface area contributed by atoms with Crippen LogP contribution in [-0.4, -0.2) is 34.3 Å². The fraction of sp³-hybridized carbons (Fsp3) is 0.190. The van der Waals surface area contributed by atoms with Crippen molar-refractivity contribution in [1.82, 2.24) is 15.1 Å². The molecule has 0 aliphatic rings. The Morgan fingerprint density at radius 2 is 1.70 bits per heavy atom. The molecule has 0 aliphatic heterocycles. The first-order valence-electron chi connectivity index (χ1n) is 8.79. The van der Waals surface area contributed by atoms with Crippen LogP contribution in [0, 0.1) is 0 Å². The first-order valence-corrected chi connectivity index (χ1v) is 8.79. The highest BCUT2D eigenvalue weighted by Crippen LogP contribution is 2.24. The van der Waals surface area contributed by atoms with E-state index in [1.54, 1.807) is 17.8 Å². The van der Waals surface area contributed by atoms with Crippen LogP contribution in [-0.2, 0) is 9.53 Å². The van der Waals surface area contributed by atoms with E-state index in [9.17, 15) is 9.59 Å². The van der Waals surface area contributed by atoms with Crippen molar-refractivity contribution in [2.75, 3.05) is 6.54 Å². The number of para-hydroxylation sites is 1. The van der Waals surface area contributed by atoms with E-state index in [1.165, 1.54) is 0 Å². The molecule has 6 heteroatoms. The van der Waals surface area contributed by atoms with Crippen LogP contribution >= 0.6 is 0 Å². The largest absolute Gasteiger partial charge is 0.449 e. The molecule has 0 unspecified atom stereocenters. The number of amides is 1. The molecule has 0 fully saturated rings. The van der Waals surface area contributed by atoms with Crippen LogP contribution < -0.4 is 5.32 Å². The van der Waals surface area contributed by atoms with Crippen molar-refractivity contribution < 1.29 is 14.3 Å². The second-order valence-electron chi connectivity index (χ2n) is 5.98. The summed E-state index contributed by atoms with van der Waals surface area (Å²) >= 11 is 0. The Morgan fingerprint density at radius 3 is 2.33 bits per heavy atom. The molecule has 1 aromatic heterocycles. The van der Waals surface area contributed by atoms with Crippen LogP contribution in [0.5, 0.6) is 0 Å². The van der Waals surface area contributed by atoms with Gasteiger partial charge in [0.2, 0.25) is 0 Å². The van der Waals surface area contributed by atoms with E-state index in [-0.39, 0.29) is 5.91 Å². The first-order chi connectivity index (χ1) is 13.1. The second kappa shape index (κ2) is 8.31. The Labute approximate surface area is 157 Å². The summed E-state index contributed by atoms with van der Waals surface area (Å²) in [6, 6.07) is 18.9. The molecule has 0 saturated heterocycles. The number of nitrogens with one attached hydrogen (secondary N) is 1. The van der Waals surface area contributed by atoms with Gasteiger partial charge in [0, 0.05) is 18.3 Å². The fourth-order valence-corrected chi connectivity index (χ4v) is 2.64. The maximum atomic E-state index is 12.7. The number of hydrogen-bond donors (Lipinski definition) is 1. The minimum atomic E-state index is -0.888. The van der Waals surface area contributed by atoms with Crippen LogP contribution in [0.25, 0.3) is 16.9 Å². The molecule has 138 valence electrons. The van der Waals surface area contributed by atoms with Gasteiger partial charge in [0.05, 0.1) is 5.69 Å². The number of nitrogens with zero attached hydrogens (tertiary/aromatic N) is 2. The summed E-state index contributed by atoms with van der Waals surface area (Å²) in [4.78, 5) is 24.6. The highest BCUT2D eigenvalue weighted by molar-refractivity contribution is 5.97. The van der Waals surface area contributed by atoms with Crippen molar-refractivity contribution in [3.8, 4) is 16.9 Å². The van der Waals surface area contributed by atoms with Crippen LogP contribution in [0.1, 0.15) is 24.2 Å². The molecular formula is C21H21N3O3. The predicted molar refractivity (Wildman–Crippen MR) is 103 cm³/mol. The zero-order valence-corrected chi connectivity index (χ0v) is 15.3. The lowest BCUT2D eigenvalue weighted by Crippen LogP contribution is -2.35. The van der Waals surface area contributed by atoms with E-state index in [0.29, 0.717) is 17.8 Å². The normalized spacial score (nSPS) is 11.6. The van der Waals surface area contributed by atoms with Gasteiger partial charge in [-0.3, -0.25) is 4.79 Å². The standard InChI is InChI=1S/C21H21N3O3/c1-3-22-20(25)15(2)27-21(26)18-14-24(17-12-8-5-9-13-17)23-19(18)16-10-6-4-7-11-16/h4-15H,3H2,1-2H3,(H,22,25)/t15-/m0/s1. The third-order valence-corrected chi connectivity index (χ3v) is 4.01. The molecule has 0 aliphatic carbocycles.